The molecular weight excluding hydrogens is 1180 g/mol. The van der Waals surface area contributed by atoms with Crippen molar-refractivity contribution < 1.29 is 35.1 Å². The zero-order chi connectivity index (χ0) is 68.9. The molecule has 0 N–H and O–H groups in total. The van der Waals surface area contributed by atoms with Gasteiger partial charge in [-0.1, -0.05) is 250 Å². The summed E-state index contributed by atoms with van der Waals surface area (Å²) >= 11 is 11.9. The SMILES string of the molecule is CC(C)c1ccc(F)cc1F.CC(C)c1ccccc1C(F)(F)F.CCc1cccc(C(C)C)c1.Cc1cc(C(C)C)ccc1F.Cc1cc(Cl)cc(C(C)C)c1.Cc1cc(F)cc(F)c1C(C)C.Cc1cccc(C(C)C)c1.Cc1cccc(Cl)c1C(C)C. The molecule has 8 aromatic carbocycles. The molecule has 8 rings (SSSR count). The standard InChI is InChI=1S/C11H16.2C10H13Cl.C10H11F3.C10H12F2.C10H13F.C10H14.C9H10F2/c1-4-10-6-5-7-11(8-10)9(2)3;1-7(2)9-4-8(3)5-10(11)6-9;1-7(2)10-8(3)5-4-6-9(10)11;1-7(2)8-5-3-4-6-9(8)10(11,12)13;1-6(2)10-7(3)4-8(11)5-9(10)12;1-7(2)9-4-5-10(11)8(3)6-9;1-8(2)10-6-4-5-9(3)7-10;1-6(2)8-4-3-7(10)5-9(8)11/h5-9H,4H2,1-3H3;2*4-7H,1-3H3;3-7H,1-2H3;4-6H,1-3H3;4-7H,1-3H3;4-8H,1-3H3;3-6H,1-2H3. The Hall–Kier alpha value is -6.22. The Morgan fingerprint density at radius 3 is 1.27 bits per heavy atom. The lowest BCUT2D eigenvalue weighted by Crippen LogP contribution is -2.09. The van der Waals surface area contributed by atoms with Gasteiger partial charge in [-0.3, -0.25) is 0 Å². The van der Waals surface area contributed by atoms with Gasteiger partial charge in [0.2, 0.25) is 0 Å². The van der Waals surface area contributed by atoms with Crippen molar-refractivity contribution in [1.82, 2.24) is 0 Å². The molecule has 10 heteroatoms. The molecule has 0 nitrogen and oxygen atoms in total. The summed E-state index contributed by atoms with van der Waals surface area (Å²) in [5.74, 6) is 0.934. The molecule has 0 unspecified atom stereocenters. The van der Waals surface area contributed by atoms with Crippen molar-refractivity contribution >= 4 is 23.2 Å². The molecule has 0 spiro atoms. The second kappa shape index (κ2) is 40.6. The number of halogens is 10. The highest BCUT2D eigenvalue weighted by atomic mass is 35.5. The maximum atomic E-state index is 13.1. The third kappa shape index (κ3) is 30.3. The van der Waals surface area contributed by atoms with Gasteiger partial charge in [0.05, 0.1) is 5.56 Å². The third-order valence-electron chi connectivity index (χ3n) is 14.5. The van der Waals surface area contributed by atoms with Crippen LogP contribution in [0.25, 0.3) is 0 Å². The van der Waals surface area contributed by atoms with Crippen molar-refractivity contribution in [3.8, 4) is 0 Å². The van der Waals surface area contributed by atoms with Crippen LogP contribution in [0, 0.1) is 63.7 Å². The molecule has 0 aliphatic carbocycles. The van der Waals surface area contributed by atoms with Crippen molar-refractivity contribution in [3.05, 3.63) is 280 Å². The first-order chi connectivity index (χ1) is 41.8. The Kier molecular flexibility index (Phi) is 36.9. The molecular formula is C80H102Cl2F8. The fourth-order valence-corrected chi connectivity index (χ4v) is 10.1. The summed E-state index contributed by atoms with van der Waals surface area (Å²) in [5, 5.41) is 1.73. The van der Waals surface area contributed by atoms with Crippen LogP contribution in [0.4, 0.5) is 35.1 Å². The number of hydrogen-bond acceptors (Lipinski definition) is 0. The van der Waals surface area contributed by atoms with E-state index < -0.39 is 35.0 Å². The minimum atomic E-state index is -4.24. The molecule has 8 aromatic rings. The molecule has 0 aliphatic heterocycles. The molecule has 0 amide bonds. The van der Waals surface area contributed by atoms with Crippen LogP contribution in [0.1, 0.15) is 248 Å². The van der Waals surface area contributed by atoms with Gasteiger partial charge in [-0.25, -0.2) is 22.0 Å². The number of benzene rings is 8. The summed E-state index contributed by atoms with van der Waals surface area (Å²) < 4.78 is 101. The molecule has 0 atom stereocenters. The molecule has 0 saturated heterocycles. The largest absolute Gasteiger partial charge is 0.416 e. The predicted octanol–water partition coefficient (Wildman–Crippen LogP) is 27.6. The summed E-state index contributed by atoms with van der Waals surface area (Å²) in [5.41, 5.74) is 14.4. The van der Waals surface area contributed by atoms with E-state index in [0.29, 0.717) is 51.8 Å². The minimum Gasteiger partial charge on any atom is -0.207 e. The van der Waals surface area contributed by atoms with E-state index in [0.717, 1.165) is 40.2 Å². The van der Waals surface area contributed by atoms with Crippen molar-refractivity contribution in [2.24, 2.45) is 0 Å². The zero-order valence-electron chi connectivity index (χ0n) is 57.6. The molecule has 0 saturated carbocycles. The molecule has 0 heterocycles. The molecule has 0 radical (unpaired) electrons. The van der Waals surface area contributed by atoms with Gasteiger partial charge in [0.15, 0.2) is 0 Å². The van der Waals surface area contributed by atoms with Crippen LogP contribution in [-0.2, 0) is 12.6 Å². The second-order valence-electron chi connectivity index (χ2n) is 25.2. The number of alkyl halides is 3. The van der Waals surface area contributed by atoms with Crippen LogP contribution in [0.15, 0.2) is 158 Å². The smallest absolute Gasteiger partial charge is 0.207 e. The number of rotatable bonds is 9. The van der Waals surface area contributed by atoms with Crippen molar-refractivity contribution in [3.63, 3.8) is 0 Å². The van der Waals surface area contributed by atoms with Gasteiger partial charge in [0, 0.05) is 22.2 Å². The number of hydrogen-bond donors (Lipinski definition) is 0. The Balaban J connectivity index is 0.000000515. The third-order valence-corrected chi connectivity index (χ3v) is 15.1. The first-order valence-corrected chi connectivity index (χ1v) is 32.1. The monoisotopic (exact) mass is 1280 g/mol. The quantitative estimate of drug-likeness (QED) is 0.126. The molecule has 90 heavy (non-hydrogen) atoms. The first-order valence-electron chi connectivity index (χ1n) is 31.3. The van der Waals surface area contributed by atoms with E-state index in [1.165, 1.54) is 86.5 Å². The fraction of sp³-hybridized carbons (Fsp3) is 0.400. The number of aryl methyl sites for hydroxylation is 6. The van der Waals surface area contributed by atoms with Crippen molar-refractivity contribution in [1.29, 1.82) is 0 Å². The molecule has 0 aromatic heterocycles. The lowest BCUT2D eigenvalue weighted by atomic mass is 9.97. The van der Waals surface area contributed by atoms with E-state index in [4.69, 9.17) is 23.2 Å². The topological polar surface area (TPSA) is 0 Å². The minimum absolute atomic E-state index is 0.0992. The normalized spacial score (nSPS) is 10.8. The van der Waals surface area contributed by atoms with Crippen LogP contribution in [-0.4, -0.2) is 0 Å². The zero-order valence-corrected chi connectivity index (χ0v) is 59.1. The van der Waals surface area contributed by atoms with Gasteiger partial charge in [-0.05, 0) is 203 Å². The molecule has 0 fully saturated rings. The highest BCUT2D eigenvalue weighted by Crippen LogP contribution is 2.35. The molecule has 0 bridgehead atoms. The van der Waals surface area contributed by atoms with E-state index in [1.807, 2.05) is 64.1 Å². The Labute approximate surface area is 547 Å². The Morgan fingerprint density at radius 2 is 0.844 bits per heavy atom. The maximum absolute atomic E-state index is 13.1. The second-order valence-corrected chi connectivity index (χ2v) is 26.0. The average molecular weight is 1290 g/mol. The Morgan fingerprint density at radius 1 is 0.344 bits per heavy atom. The lowest BCUT2D eigenvalue weighted by Gasteiger charge is -2.14. The van der Waals surface area contributed by atoms with Crippen molar-refractivity contribution in [2.75, 3.05) is 0 Å². The van der Waals surface area contributed by atoms with Crippen LogP contribution >= 0.6 is 23.2 Å². The highest BCUT2D eigenvalue weighted by Gasteiger charge is 2.33. The van der Waals surface area contributed by atoms with Crippen LogP contribution in [0.3, 0.4) is 0 Å². The van der Waals surface area contributed by atoms with E-state index in [2.05, 4.69) is 158 Å². The lowest BCUT2D eigenvalue weighted by molar-refractivity contribution is -0.138. The van der Waals surface area contributed by atoms with Gasteiger partial charge in [0.25, 0.3) is 0 Å². The van der Waals surface area contributed by atoms with Crippen LogP contribution in [0.2, 0.25) is 10.0 Å². The Bertz CT molecular complexity index is 3300. The summed E-state index contributed by atoms with van der Waals surface area (Å²) in [4.78, 5) is 0. The van der Waals surface area contributed by atoms with Gasteiger partial charge in [-0.15, -0.1) is 0 Å². The van der Waals surface area contributed by atoms with Crippen molar-refractivity contribution in [2.45, 2.75) is 212 Å². The van der Waals surface area contributed by atoms with Gasteiger partial charge < -0.3 is 0 Å². The van der Waals surface area contributed by atoms with E-state index in [9.17, 15) is 35.1 Å². The fourth-order valence-electron chi connectivity index (χ4n) is 9.38. The summed E-state index contributed by atoms with van der Waals surface area (Å²) in [6.45, 7) is 44.8. The first kappa shape index (κ1) is 81.8. The van der Waals surface area contributed by atoms with Gasteiger partial charge in [0.1, 0.15) is 29.1 Å². The van der Waals surface area contributed by atoms with E-state index >= 15 is 0 Å². The van der Waals surface area contributed by atoms with Gasteiger partial charge >= 0.3 is 6.18 Å². The average Bonchev–Trinajstić information content (AvgIpc) is 1.95. The summed E-state index contributed by atoms with van der Waals surface area (Å²) in [7, 11) is 0. The summed E-state index contributed by atoms with van der Waals surface area (Å²) in [6, 6.07) is 46.6. The van der Waals surface area contributed by atoms with E-state index in [1.54, 1.807) is 33.8 Å². The molecule has 492 valence electrons. The van der Waals surface area contributed by atoms with Crippen LogP contribution < -0.4 is 0 Å². The van der Waals surface area contributed by atoms with Gasteiger partial charge in [-0.2, -0.15) is 13.2 Å². The van der Waals surface area contributed by atoms with Crippen LogP contribution in [0.5, 0.6) is 0 Å². The predicted molar refractivity (Wildman–Crippen MR) is 372 cm³/mol. The highest BCUT2D eigenvalue weighted by molar-refractivity contribution is 6.31. The summed E-state index contributed by atoms with van der Waals surface area (Å²) in [6.07, 6.45) is -3.10. The maximum Gasteiger partial charge on any atom is 0.416 e. The molecule has 0 aliphatic rings. The van der Waals surface area contributed by atoms with E-state index in [-0.39, 0.29) is 23.6 Å².